The summed E-state index contributed by atoms with van der Waals surface area (Å²) in [4.78, 5) is 0. The van der Waals surface area contributed by atoms with Crippen LogP contribution in [0.15, 0.2) is 42.5 Å². The molecule has 0 aliphatic heterocycles. The van der Waals surface area contributed by atoms with Crippen LogP contribution in [-0.2, 0) is 12.8 Å². The van der Waals surface area contributed by atoms with Gasteiger partial charge in [0.1, 0.15) is 5.75 Å². The van der Waals surface area contributed by atoms with Crippen LogP contribution < -0.4 is 15.8 Å². The van der Waals surface area contributed by atoms with E-state index < -0.39 is 6.36 Å². The monoisotopic (exact) mass is 322 g/mol. The summed E-state index contributed by atoms with van der Waals surface area (Å²) in [5.74, 6) is -0.234. The molecule has 0 fully saturated rings. The first-order valence-electron chi connectivity index (χ1n) is 7.39. The summed E-state index contributed by atoms with van der Waals surface area (Å²) in [5, 5.41) is 3.19. The molecule has 0 saturated carbocycles. The molecule has 0 amide bonds. The molecule has 1 atom stereocenters. The van der Waals surface area contributed by atoms with E-state index in [9.17, 15) is 13.2 Å². The van der Waals surface area contributed by atoms with Crippen LogP contribution in [0.1, 0.15) is 17.5 Å². The van der Waals surface area contributed by atoms with Crippen molar-refractivity contribution < 1.29 is 17.9 Å². The SMILES string of the molecule is N[C@H]1CCc2cc(Nc3ccc(OC(F)(F)F)cc3)ccc2C1. The van der Waals surface area contributed by atoms with Gasteiger partial charge >= 0.3 is 6.36 Å². The molecule has 3 nitrogen and oxygen atoms in total. The van der Waals surface area contributed by atoms with Gasteiger partial charge in [-0.15, -0.1) is 13.2 Å². The van der Waals surface area contributed by atoms with Crippen molar-refractivity contribution in [2.75, 3.05) is 5.32 Å². The molecule has 0 aromatic heterocycles. The van der Waals surface area contributed by atoms with Gasteiger partial charge in [-0.2, -0.15) is 0 Å². The molecule has 0 spiro atoms. The lowest BCUT2D eigenvalue weighted by molar-refractivity contribution is -0.274. The third kappa shape index (κ3) is 4.16. The predicted molar refractivity (Wildman–Crippen MR) is 82.9 cm³/mol. The topological polar surface area (TPSA) is 47.3 Å². The van der Waals surface area contributed by atoms with Gasteiger partial charge < -0.3 is 15.8 Å². The van der Waals surface area contributed by atoms with Gasteiger partial charge in [-0.25, -0.2) is 0 Å². The molecule has 3 rings (SSSR count). The smallest absolute Gasteiger partial charge is 0.406 e. The average Bonchev–Trinajstić information content (AvgIpc) is 2.48. The van der Waals surface area contributed by atoms with Gasteiger partial charge in [0.25, 0.3) is 0 Å². The van der Waals surface area contributed by atoms with Crippen LogP contribution in [0.2, 0.25) is 0 Å². The fourth-order valence-corrected chi connectivity index (χ4v) is 2.77. The number of ether oxygens (including phenoxy) is 1. The molecule has 3 N–H and O–H groups in total. The van der Waals surface area contributed by atoms with Gasteiger partial charge in [-0.1, -0.05) is 6.07 Å². The van der Waals surface area contributed by atoms with Gasteiger partial charge in [0.05, 0.1) is 0 Å². The van der Waals surface area contributed by atoms with E-state index in [1.807, 2.05) is 6.07 Å². The Balaban J connectivity index is 1.70. The minimum absolute atomic E-state index is 0.225. The predicted octanol–water partition coefficient (Wildman–Crippen LogP) is 4.14. The summed E-state index contributed by atoms with van der Waals surface area (Å²) in [6.45, 7) is 0. The summed E-state index contributed by atoms with van der Waals surface area (Å²) in [6, 6.07) is 12.0. The van der Waals surface area contributed by atoms with Crippen molar-refractivity contribution in [2.45, 2.75) is 31.7 Å². The third-order valence-electron chi connectivity index (χ3n) is 3.85. The van der Waals surface area contributed by atoms with E-state index in [0.717, 1.165) is 24.9 Å². The van der Waals surface area contributed by atoms with E-state index in [2.05, 4.69) is 22.2 Å². The molecule has 0 radical (unpaired) electrons. The maximum absolute atomic E-state index is 12.1. The molecular weight excluding hydrogens is 305 g/mol. The second-order valence-corrected chi connectivity index (χ2v) is 5.68. The number of benzene rings is 2. The first-order chi connectivity index (χ1) is 10.9. The van der Waals surface area contributed by atoms with Gasteiger partial charge in [0.15, 0.2) is 0 Å². The van der Waals surface area contributed by atoms with Crippen LogP contribution in [0, 0.1) is 0 Å². The van der Waals surface area contributed by atoms with E-state index in [1.54, 1.807) is 12.1 Å². The Hall–Kier alpha value is -2.21. The molecule has 0 bridgehead atoms. The van der Waals surface area contributed by atoms with Crippen LogP contribution in [0.5, 0.6) is 5.75 Å². The molecule has 0 heterocycles. The summed E-state index contributed by atoms with van der Waals surface area (Å²) >= 11 is 0. The van der Waals surface area contributed by atoms with E-state index in [0.29, 0.717) is 5.69 Å². The Labute approximate surface area is 132 Å². The maximum atomic E-state index is 12.1. The minimum atomic E-state index is -4.67. The van der Waals surface area contributed by atoms with Crippen LogP contribution >= 0.6 is 0 Å². The lowest BCUT2D eigenvalue weighted by atomic mass is 9.88. The highest BCUT2D eigenvalue weighted by atomic mass is 19.4. The van der Waals surface area contributed by atoms with Crippen molar-refractivity contribution in [1.29, 1.82) is 0 Å². The van der Waals surface area contributed by atoms with Gasteiger partial charge in [0, 0.05) is 17.4 Å². The Kier molecular flexibility index (Phi) is 4.17. The average molecular weight is 322 g/mol. The second-order valence-electron chi connectivity index (χ2n) is 5.68. The van der Waals surface area contributed by atoms with Crippen LogP contribution in [0.4, 0.5) is 24.5 Å². The first kappa shape index (κ1) is 15.7. The first-order valence-corrected chi connectivity index (χ1v) is 7.39. The Morgan fingerprint density at radius 2 is 1.70 bits per heavy atom. The molecule has 1 aliphatic carbocycles. The highest BCUT2D eigenvalue weighted by molar-refractivity contribution is 5.62. The van der Waals surface area contributed by atoms with Crippen molar-refractivity contribution in [3.8, 4) is 5.75 Å². The Morgan fingerprint density at radius 1 is 1.00 bits per heavy atom. The van der Waals surface area contributed by atoms with E-state index in [-0.39, 0.29) is 11.8 Å². The van der Waals surface area contributed by atoms with Crippen molar-refractivity contribution in [3.63, 3.8) is 0 Å². The van der Waals surface area contributed by atoms with E-state index >= 15 is 0 Å². The fourth-order valence-electron chi connectivity index (χ4n) is 2.77. The molecule has 122 valence electrons. The normalized spacial score (nSPS) is 17.5. The molecule has 2 aromatic carbocycles. The highest BCUT2D eigenvalue weighted by Gasteiger charge is 2.30. The number of nitrogens with one attached hydrogen (secondary N) is 1. The molecule has 2 aromatic rings. The van der Waals surface area contributed by atoms with Crippen molar-refractivity contribution in [1.82, 2.24) is 0 Å². The number of nitrogens with two attached hydrogens (primary N) is 1. The zero-order valence-corrected chi connectivity index (χ0v) is 12.4. The molecule has 1 aliphatic rings. The summed E-state index contributed by atoms with van der Waals surface area (Å²) in [7, 11) is 0. The van der Waals surface area contributed by atoms with Crippen molar-refractivity contribution in [3.05, 3.63) is 53.6 Å². The zero-order chi connectivity index (χ0) is 16.4. The third-order valence-corrected chi connectivity index (χ3v) is 3.85. The van der Waals surface area contributed by atoms with Gasteiger partial charge in [-0.05, 0) is 66.8 Å². The van der Waals surface area contributed by atoms with Crippen LogP contribution in [0.25, 0.3) is 0 Å². The lowest BCUT2D eigenvalue weighted by Crippen LogP contribution is -2.27. The molecule has 6 heteroatoms. The summed E-state index contributed by atoms with van der Waals surface area (Å²) in [5.41, 5.74) is 10.1. The lowest BCUT2D eigenvalue weighted by Gasteiger charge is -2.22. The number of alkyl halides is 3. The number of hydrogen-bond donors (Lipinski definition) is 2. The fraction of sp³-hybridized carbons (Fsp3) is 0.294. The minimum Gasteiger partial charge on any atom is -0.406 e. The van der Waals surface area contributed by atoms with E-state index in [4.69, 9.17) is 5.73 Å². The quantitative estimate of drug-likeness (QED) is 0.892. The van der Waals surface area contributed by atoms with Crippen molar-refractivity contribution >= 4 is 11.4 Å². The Bertz CT molecular complexity index is 683. The maximum Gasteiger partial charge on any atom is 0.573 e. The molecular formula is C17H17F3N2O. The Morgan fingerprint density at radius 3 is 2.39 bits per heavy atom. The summed E-state index contributed by atoms with van der Waals surface area (Å²) < 4.78 is 40.2. The largest absolute Gasteiger partial charge is 0.573 e. The number of halogens is 3. The molecule has 23 heavy (non-hydrogen) atoms. The van der Waals surface area contributed by atoms with Gasteiger partial charge in [0.2, 0.25) is 0 Å². The standard InChI is InChI=1S/C17H17F3N2O/c18-17(19,20)23-16-7-5-14(6-8-16)22-15-4-2-11-9-13(21)3-1-12(11)10-15/h2,4-8,10,13,22H,1,3,9,21H2/t13-/m0/s1. The summed E-state index contributed by atoms with van der Waals surface area (Å²) in [6.07, 6.45) is -1.86. The van der Waals surface area contributed by atoms with Crippen molar-refractivity contribution in [2.24, 2.45) is 5.73 Å². The zero-order valence-electron chi connectivity index (χ0n) is 12.4. The number of aryl methyl sites for hydroxylation is 1. The van der Waals surface area contributed by atoms with Crippen LogP contribution in [-0.4, -0.2) is 12.4 Å². The second kappa shape index (κ2) is 6.12. The molecule has 0 saturated heterocycles. The number of hydrogen-bond acceptors (Lipinski definition) is 3. The van der Waals surface area contributed by atoms with Crippen LogP contribution in [0.3, 0.4) is 0 Å². The number of anilines is 2. The number of fused-ring (bicyclic) bond motifs is 1. The molecule has 0 unspecified atom stereocenters. The van der Waals surface area contributed by atoms with Gasteiger partial charge in [-0.3, -0.25) is 0 Å². The highest BCUT2D eigenvalue weighted by Crippen LogP contribution is 2.28. The van der Waals surface area contributed by atoms with E-state index in [1.165, 1.54) is 23.3 Å². The number of rotatable bonds is 3.